The van der Waals surface area contributed by atoms with Gasteiger partial charge in [-0.05, 0) is 18.8 Å². The largest absolute Gasteiger partial charge is 0.481 e. The van der Waals surface area contributed by atoms with Gasteiger partial charge >= 0.3 is 18.0 Å². The third-order valence-corrected chi connectivity index (χ3v) is 3.73. The molecule has 0 saturated heterocycles. The molecule has 4 N–H and O–H groups in total. The number of amides is 2. The first-order valence-electron chi connectivity index (χ1n) is 6.95. The number of carboxylic acid groups (broad SMARTS) is 2. The lowest BCUT2D eigenvalue weighted by molar-refractivity contribution is -0.145. The van der Waals surface area contributed by atoms with Crippen molar-refractivity contribution in [2.24, 2.45) is 5.92 Å². The third-order valence-electron chi connectivity index (χ3n) is 3.73. The molecule has 0 bridgehead atoms. The second kappa shape index (κ2) is 7.72. The van der Waals surface area contributed by atoms with Crippen LogP contribution >= 0.6 is 0 Å². The minimum Gasteiger partial charge on any atom is -0.481 e. The van der Waals surface area contributed by atoms with E-state index in [1.165, 1.54) is 0 Å². The van der Waals surface area contributed by atoms with E-state index < -0.39 is 30.4 Å². The maximum absolute atomic E-state index is 11.8. The zero-order chi connectivity index (χ0) is 15.1. The molecule has 20 heavy (non-hydrogen) atoms. The zero-order valence-corrected chi connectivity index (χ0v) is 11.6. The van der Waals surface area contributed by atoms with Crippen LogP contribution in [0.5, 0.6) is 0 Å². The fourth-order valence-corrected chi connectivity index (χ4v) is 2.63. The Hall–Kier alpha value is -1.79. The number of nitrogens with one attached hydrogen (secondary N) is 2. The maximum atomic E-state index is 11.8. The van der Waals surface area contributed by atoms with Gasteiger partial charge in [0.15, 0.2) is 0 Å². The minimum atomic E-state index is -1.41. The highest BCUT2D eigenvalue weighted by molar-refractivity contribution is 5.86. The molecule has 7 heteroatoms. The number of hydrogen-bond acceptors (Lipinski definition) is 3. The fourth-order valence-electron chi connectivity index (χ4n) is 2.63. The molecule has 1 rings (SSSR count). The molecule has 0 aromatic carbocycles. The molecule has 7 nitrogen and oxygen atoms in total. The van der Waals surface area contributed by atoms with E-state index in [2.05, 4.69) is 17.6 Å². The van der Waals surface area contributed by atoms with Gasteiger partial charge in [-0.2, -0.15) is 0 Å². The number of carboxylic acids is 2. The Morgan fingerprint density at radius 3 is 2.40 bits per heavy atom. The van der Waals surface area contributed by atoms with Crippen molar-refractivity contribution in [2.45, 2.75) is 57.5 Å². The molecule has 1 aliphatic carbocycles. The van der Waals surface area contributed by atoms with Gasteiger partial charge in [-0.3, -0.25) is 4.79 Å². The number of rotatable bonds is 6. The summed E-state index contributed by atoms with van der Waals surface area (Å²) < 4.78 is 0. The van der Waals surface area contributed by atoms with Crippen molar-refractivity contribution in [3.8, 4) is 0 Å². The van der Waals surface area contributed by atoms with E-state index in [4.69, 9.17) is 10.2 Å². The molecule has 1 fully saturated rings. The number of aliphatic carboxylic acids is 2. The maximum Gasteiger partial charge on any atom is 0.326 e. The van der Waals surface area contributed by atoms with Crippen molar-refractivity contribution in [3.63, 3.8) is 0 Å². The van der Waals surface area contributed by atoms with Crippen molar-refractivity contribution < 1.29 is 24.6 Å². The van der Waals surface area contributed by atoms with E-state index in [0.717, 1.165) is 32.1 Å². The molecule has 114 valence electrons. The average molecular weight is 286 g/mol. The topological polar surface area (TPSA) is 116 Å². The molecule has 0 aliphatic heterocycles. The number of urea groups is 1. The van der Waals surface area contributed by atoms with Crippen LogP contribution in [-0.2, 0) is 9.59 Å². The highest BCUT2D eigenvalue weighted by Gasteiger charge is 2.27. The summed E-state index contributed by atoms with van der Waals surface area (Å²) in [6.07, 6.45) is 4.45. The van der Waals surface area contributed by atoms with Crippen LogP contribution in [0.15, 0.2) is 0 Å². The van der Waals surface area contributed by atoms with Crippen molar-refractivity contribution in [3.05, 3.63) is 0 Å². The standard InChI is InChI=1S/C13H22N2O5/c1-2-8-5-3-4-6-9(8)14-13(20)15-10(12(18)19)7-11(16)17/h8-10H,2-7H2,1H3,(H,16,17)(H,18,19)(H2,14,15,20). The molecule has 0 aromatic rings. The number of carbonyl (C=O) groups is 3. The molecular weight excluding hydrogens is 264 g/mol. The van der Waals surface area contributed by atoms with Gasteiger partial charge in [0.1, 0.15) is 6.04 Å². The number of carbonyl (C=O) groups excluding carboxylic acids is 1. The highest BCUT2D eigenvalue weighted by Crippen LogP contribution is 2.26. The third kappa shape index (κ3) is 5.07. The molecule has 3 atom stereocenters. The normalized spacial score (nSPS) is 23.6. The molecule has 3 unspecified atom stereocenters. The molecule has 0 heterocycles. The van der Waals surface area contributed by atoms with Gasteiger partial charge in [0.05, 0.1) is 6.42 Å². The Kier molecular flexibility index (Phi) is 6.27. The van der Waals surface area contributed by atoms with Crippen LogP contribution in [0.4, 0.5) is 4.79 Å². The van der Waals surface area contributed by atoms with Crippen molar-refractivity contribution in [1.29, 1.82) is 0 Å². The lowest BCUT2D eigenvalue weighted by Gasteiger charge is -2.31. The molecule has 0 radical (unpaired) electrons. The van der Waals surface area contributed by atoms with Crippen LogP contribution in [0.25, 0.3) is 0 Å². The summed E-state index contributed by atoms with van der Waals surface area (Å²) in [5.74, 6) is -2.21. The second-order valence-electron chi connectivity index (χ2n) is 5.17. The quantitative estimate of drug-likeness (QED) is 0.585. The zero-order valence-electron chi connectivity index (χ0n) is 11.6. The SMILES string of the molecule is CCC1CCCCC1NC(=O)NC(CC(=O)O)C(=O)O. The van der Waals surface area contributed by atoms with Crippen LogP contribution in [0.2, 0.25) is 0 Å². The van der Waals surface area contributed by atoms with E-state index in [1.54, 1.807) is 0 Å². The van der Waals surface area contributed by atoms with Crippen LogP contribution in [0.1, 0.15) is 45.4 Å². The molecular formula is C13H22N2O5. The van der Waals surface area contributed by atoms with Gasteiger partial charge in [-0.15, -0.1) is 0 Å². The van der Waals surface area contributed by atoms with E-state index in [0.29, 0.717) is 5.92 Å². The predicted octanol–water partition coefficient (Wildman–Crippen LogP) is 1.18. The molecule has 1 saturated carbocycles. The van der Waals surface area contributed by atoms with Gasteiger partial charge in [-0.1, -0.05) is 26.2 Å². The smallest absolute Gasteiger partial charge is 0.326 e. The molecule has 2 amide bonds. The average Bonchev–Trinajstić information content (AvgIpc) is 2.37. The van der Waals surface area contributed by atoms with Crippen LogP contribution in [0, 0.1) is 5.92 Å². The van der Waals surface area contributed by atoms with Crippen molar-refractivity contribution in [1.82, 2.24) is 10.6 Å². The summed E-state index contributed by atoms with van der Waals surface area (Å²) in [6, 6.07) is -1.98. The first-order chi connectivity index (χ1) is 9.43. The summed E-state index contributed by atoms with van der Waals surface area (Å²) in [7, 11) is 0. The Balaban J connectivity index is 2.51. The number of hydrogen-bond donors (Lipinski definition) is 4. The fraction of sp³-hybridized carbons (Fsp3) is 0.769. The van der Waals surface area contributed by atoms with Gasteiger partial charge < -0.3 is 20.8 Å². The summed E-state index contributed by atoms with van der Waals surface area (Å²) in [4.78, 5) is 33.2. The van der Waals surface area contributed by atoms with Crippen LogP contribution < -0.4 is 10.6 Å². The van der Waals surface area contributed by atoms with Crippen molar-refractivity contribution in [2.75, 3.05) is 0 Å². The van der Waals surface area contributed by atoms with Crippen LogP contribution in [0.3, 0.4) is 0 Å². The summed E-state index contributed by atoms with van der Waals surface area (Å²) >= 11 is 0. The van der Waals surface area contributed by atoms with E-state index in [-0.39, 0.29) is 6.04 Å². The Morgan fingerprint density at radius 1 is 1.20 bits per heavy atom. The van der Waals surface area contributed by atoms with Gasteiger partial charge in [-0.25, -0.2) is 9.59 Å². The Labute approximate surface area is 117 Å². The van der Waals surface area contributed by atoms with Gasteiger partial charge in [0.25, 0.3) is 0 Å². The summed E-state index contributed by atoms with van der Waals surface area (Å²) in [5.41, 5.74) is 0. The lowest BCUT2D eigenvalue weighted by atomic mass is 9.83. The minimum absolute atomic E-state index is 0.0352. The Bertz CT molecular complexity index is 372. The van der Waals surface area contributed by atoms with E-state index >= 15 is 0 Å². The van der Waals surface area contributed by atoms with Gasteiger partial charge in [0, 0.05) is 6.04 Å². The summed E-state index contributed by atoms with van der Waals surface area (Å²) in [5, 5.41) is 22.5. The Morgan fingerprint density at radius 2 is 1.85 bits per heavy atom. The van der Waals surface area contributed by atoms with Crippen LogP contribution in [-0.4, -0.2) is 40.3 Å². The van der Waals surface area contributed by atoms with E-state index in [1.807, 2.05) is 0 Å². The summed E-state index contributed by atoms with van der Waals surface area (Å²) in [6.45, 7) is 2.06. The highest BCUT2D eigenvalue weighted by atomic mass is 16.4. The molecule has 1 aliphatic rings. The first kappa shape index (κ1) is 16.3. The lowest BCUT2D eigenvalue weighted by Crippen LogP contribution is -2.51. The molecule has 0 spiro atoms. The molecule has 0 aromatic heterocycles. The first-order valence-corrected chi connectivity index (χ1v) is 6.95. The van der Waals surface area contributed by atoms with Crippen molar-refractivity contribution >= 4 is 18.0 Å². The predicted molar refractivity (Wildman–Crippen MR) is 71.4 cm³/mol. The second-order valence-corrected chi connectivity index (χ2v) is 5.17. The van der Waals surface area contributed by atoms with E-state index in [9.17, 15) is 14.4 Å². The van der Waals surface area contributed by atoms with Gasteiger partial charge in [0.2, 0.25) is 0 Å². The monoisotopic (exact) mass is 286 g/mol.